The van der Waals surface area contributed by atoms with Gasteiger partial charge in [-0.3, -0.25) is 0 Å². The average molecular weight is 500 g/mol. The number of aliphatic hydroxyl groups is 4. The number of carboxylic acid groups (broad SMARTS) is 2. The maximum absolute atomic E-state index is 10.7. The molecule has 0 bridgehead atoms. The SMILES string of the molecule is COC1OC(C(=O)O)C(O)C(OC)C1O.COC1OC(C(=O)O)C(O)C(OC)C1O.[Fe]. The predicted octanol–water partition coefficient (Wildman–Crippen LogP) is -3.64. The van der Waals surface area contributed by atoms with Gasteiger partial charge in [0, 0.05) is 45.5 Å². The summed E-state index contributed by atoms with van der Waals surface area (Å²) in [6.45, 7) is 0. The second-order valence-corrected chi connectivity index (χ2v) is 6.36. The van der Waals surface area contributed by atoms with E-state index in [0.29, 0.717) is 0 Å². The third-order valence-corrected chi connectivity index (χ3v) is 4.58. The van der Waals surface area contributed by atoms with Gasteiger partial charge in [-0.05, 0) is 0 Å². The Morgan fingerprint density at radius 3 is 1.10 bits per heavy atom. The van der Waals surface area contributed by atoms with Gasteiger partial charge >= 0.3 is 11.9 Å². The van der Waals surface area contributed by atoms with Crippen molar-refractivity contribution in [3.05, 3.63) is 0 Å². The summed E-state index contributed by atoms with van der Waals surface area (Å²) >= 11 is 0. The fourth-order valence-electron chi connectivity index (χ4n) is 3.03. The van der Waals surface area contributed by atoms with Crippen LogP contribution in [0, 0.1) is 0 Å². The van der Waals surface area contributed by atoms with Gasteiger partial charge in [0.25, 0.3) is 0 Å². The molecule has 10 atom stereocenters. The van der Waals surface area contributed by atoms with Crippen molar-refractivity contribution in [1.29, 1.82) is 0 Å². The number of carbonyl (C=O) groups is 2. The molecule has 10 unspecified atom stereocenters. The Morgan fingerprint density at radius 1 is 0.613 bits per heavy atom. The third-order valence-electron chi connectivity index (χ3n) is 4.58. The maximum Gasteiger partial charge on any atom is 0.335 e. The summed E-state index contributed by atoms with van der Waals surface area (Å²) in [5.41, 5.74) is 0. The summed E-state index contributed by atoms with van der Waals surface area (Å²) in [6.07, 6.45) is -12.6. The molecule has 2 aliphatic rings. The number of methoxy groups -OCH3 is 4. The molecule has 31 heavy (non-hydrogen) atoms. The molecule has 0 aliphatic carbocycles. The van der Waals surface area contributed by atoms with Crippen LogP contribution >= 0.6 is 0 Å². The van der Waals surface area contributed by atoms with Crippen molar-refractivity contribution in [1.82, 2.24) is 0 Å². The number of carboxylic acids is 2. The van der Waals surface area contributed by atoms with E-state index in [1.807, 2.05) is 0 Å². The molecule has 0 aromatic rings. The number of ether oxygens (including phenoxy) is 6. The van der Waals surface area contributed by atoms with E-state index in [4.69, 9.17) is 38.6 Å². The van der Waals surface area contributed by atoms with Crippen LogP contribution in [0.4, 0.5) is 0 Å². The maximum atomic E-state index is 10.7. The van der Waals surface area contributed by atoms with Crippen molar-refractivity contribution in [3.63, 3.8) is 0 Å². The Labute approximate surface area is 188 Å². The van der Waals surface area contributed by atoms with Gasteiger partial charge in [0.05, 0.1) is 0 Å². The topological polar surface area (TPSA) is 211 Å². The fourth-order valence-corrected chi connectivity index (χ4v) is 3.03. The van der Waals surface area contributed by atoms with Crippen molar-refractivity contribution in [2.75, 3.05) is 28.4 Å². The molecule has 0 spiro atoms. The van der Waals surface area contributed by atoms with E-state index in [9.17, 15) is 30.0 Å². The monoisotopic (exact) mass is 500 g/mol. The predicted molar refractivity (Wildman–Crippen MR) is 92.2 cm³/mol. The van der Waals surface area contributed by atoms with Crippen LogP contribution in [0.5, 0.6) is 0 Å². The summed E-state index contributed by atoms with van der Waals surface area (Å²) in [7, 11) is 5.04. The molecule has 0 aromatic heterocycles. The minimum absolute atomic E-state index is 0. The van der Waals surface area contributed by atoms with E-state index in [1.165, 1.54) is 28.4 Å². The molecule has 184 valence electrons. The summed E-state index contributed by atoms with van der Waals surface area (Å²) < 4.78 is 28.8. The molecule has 0 amide bonds. The van der Waals surface area contributed by atoms with E-state index in [-0.39, 0.29) is 17.1 Å². The van der Waals surface area contributed by atoms with E-state index >= 15 is 0 Å². The Morgan fingerprint density at radius 2 is 0.903 bits per heavy atom. The normalized spacial score (nSPS) is 40.1. The van der Waals surface area contributed by atoms with Gasteiger partial charge in [-0.15, -0.1) is 0 Å². The van der Waals surface area contributed by atoms with Crippen molar-refractivity contribution in [3.8, 4) is 0 Å². The Hall–Kier alpha value is -0.941. The van der Waals surface area contributed by atoms with Crippen LogP contribution in [0.2, 0.25) is 0 Å². The number of rotatable bonds is 6. The first-order valence-corrected chi connectivity index (χ1v) is 8.65. The van der Waals surface area contributed by atoms with Gasteiger partial charge in [-0.1, -0.05) is 0 Å². The smallest absolute Gasteiger partial charge is 0.335 e. The zero-order valence-electron chi connectivity index (χ0n) is 17.1. The molecule has 2 aliphatic heterocycles. The molecule has 2 saturated heterocycles. The largest absolute Gasteiger partial charge is 0.479 e. The van der Waals surface area contributed by atoms with E-state index < -0.39 is 73.4 Å². The molecule has 2 heterocycles. The first kappa shape index (κ1) is 30.1. The average Bonchev–Trinajstić information content (AvgIpc) is 2.69. The number of aliphatic hydroxyl groups excluding tert-OH is 4. The zero-order chi connectivity index (χ0) is 23.2. The minimum Gasteiger partial charge on any atom is -0.479 e. The molecular weight excluding hydrogens is 472 g/mol. The molecule has 15 heteroatoms. The van der Waals surface area contributed by atoms with Gasteiger partial charge in [-0.2, -0.15) is 0 Å². The van der Waals surface area contributed by atoms with Crippen LogP contribution < -0.4 is 0 Å². The van der Waals surface area contributed by atoms with Crippen LogP contribution in [-0.2, 0) is 55.1 Å². The van der Waals surface area contributed by atoms with Gasteiger partial charge in [0.2, 0.25) is 0 Å². The van der Waals surface area contributed by atoms with E-state index in [2.05, 4.69) is 0 Å². The molecule has 2 fully saturated rings. The van der Waals surface area contributed by atoms with Crippen molar-refractivity contribution in [2.24, 2.45) is 0 Å². The molecule has 2 rings (SSSR count). The second kappa shape index (κ2) is 13.6. The Kier molecular flexibility index (Phi) is 13.2. The van der Waals surface area contributed by atoms with Crippen LogP contribution in [0.25, 0.3) is 0 Å². The molecule has 0 saturated carbocycles. The number of aliphatic carboxylic acids is 2. The standard InChI is InChI=1S/2C8H14O7.Fe/c2*1-13-5-3(9)6(7(11)12)15-8(14-2)4(5)10;/h2*3-6,8-10H,1-2H3,(H,11,12);. The summed E-state index contributed by atoms with van der Waals surface area (Å²) in [6, 6.07) is 0. The van der Waals surface area contributed by atoms with Crippen molar-refractivity contribution >= 4 is 11.9 Å². The van der Waals surface area contributed by atoms with Crippen LogP contribution in [0.1, 0.15) is 0 Å². The fraction of sp³-hybridized carbons (Fsp3) is 0.875. The second-order valence-electron chi connectivity index (χ2n) is 6.36. The van der Waals surface area contributed by atoms with Gasteiger partial charge in [0.1, 0.15) is 36.6 Å². The van der Waals surface area contributed by atoms with Crippen molar-refractivity contribution in [2.45, 2.75) is 61.4 Å². The molecular formula is C16H28FeO14. The summed E-state index contributed by atoms with van der Waals surface area (Å²) in [5.74, 6) is -2.67. The molecule has 0 aromatic carbocycles. The summed E-state index contributed by atoms with van der Waals surface area (Å²) in [5, 5.41) is 55.7. The molecule has 14 nitrogen and oxygen atoms in total. The van der Waals surface area contributed by atoms with Crippen LogP contribution in [0.3, 0.4) is 0 Å². The Balaban J connectivity index is 0.000000562. The zero-order valence-corrected chi connectivity index (χ0v) is 18.2. The first-order valence-electron chi connectivity index (χ1n) is 8.65. The molecule has 0 radical (unpaired) electrons. The van der Waals surface area contributed by atoms with E-state index in [1.54, 1.807) is 0 Å². The van der Waals surface area contributed by atoms with Gasteiger partial charge in [-0.25, -0.2) is 9.59 Å². The van der Waals surface area contributed by atoms with Crippen LogP contribution in [-0.4, -0.2) is 132 Å². The van der Waals surface area contributed by atoms with Crippen LogP contribution in [0.15, 0.2) is 0 Å². The quantitative estimate of drug-likeness (QED) is 0.194. The Bertz CT molecular complexity index is 516. The number of hydrogen-bond donors (Lipinski definition) is 6. The summed E-state index contributed by atoms with van der Waals surface area (Å²) in [4.78, 5) is 21.4. The van der Waals surface area contributed by atoms with E-state index in [0.717, 1.165) is 0 Å². The number of hydrogen-bond acceptors (Lipinski definition) is 12. The van der Waals surface area contributed by atoms with Gasteiger partial charge < -0.3 is 59.1 Å². The minimum atomic E-state index is -1.47. The van der Waals surface area contributed by atoms with Gasteiger partial charge in [0.15, 0.2) is 24.8 Å². The third kappa shape index (κ3) is 7.02. The van der Waals surface area contributed by atoms with Crippen molar-refractivity contribution < 1.29 is 85.7 Å². The molecule has 6 N–H and O–H groups in total. The first-order chi connectivity index (χ1) is 14.0.